The van der Waals surface area contributed by atoms with Crippen molar-refractivity contribution < 1.29 is 12.9 Å². The van der Waals surface area contributed by atoms with Gasteiger partial charge in [0.2, 0.25) is 21.7 Å². The van der Waals surface area contributed by atoms with Crippen LogP contribution in [0.4, 0.5) is 0 Å². The van der Waals surface area contributed by atoms with Gasteiger partial charge in [0.1, 0.15) is 0 Å². The zero-order chi connectivity index (χ0) is 16.6. The first-order valence-electron chi connectivity index (χ1n) is 8.37. The van der Waals surface area contributed by atoms with Crippen LogP contribution in [0.5, 0.6) is 0 Å². The second-order valence-corrected chi connectivity index (χ2v) is 8.72. The Labute approximate surface area is 141 Å². The highest BCUT2D eigenvalue weighted by molar-refractivity contribution is 7.89. The molecule has 0 N–H and O–H groups in total. The maximum absolute atomic E-state index is 12.6. The van der Waals surface area contributed by atoms with Crippen molar-refractivity contribution in [3.8, 4) is 11.4 Å². The number of aromatic nitrogens is 3. The second kappa shape index (κ2) is 6.25. The first-order valence-corrected chi connectivity index (χ1v) is 9.88. The topological polar surface area (TPSA) is 89.2 Å². The van der Waals surface area contributed by atoms with E-state index in [9.17, 15) is 8.42 Å². The third kappa shape index (κ3) is 2.84. The van der Waals surface area contributed by atoms with Gasteiger partial charge >= 0.3 is 0 Å². The van der Waals surface area contributed by atoms with Crippen LogP contribution in [0.1, 0.15) is 43.9 Å². The van der Waals surface area contributed by atoms with Crippen LogP contribution in [0.2, 0.25) is 0 Å². The van der Waals surface area contributed by atoms with Crippen LogP contribution in [-0.2, 0) is 10.0 Å². The molecule has 0 unspecified atom stereocenters. The van der Waals surface area contributed by atoms with Gasteiger partial charge in [-0.1, -0.05) is 24.4 Å². The number of rotatable bonds is 4. The van der Waals surface area contributed by atoms with Crippen molar-refractivity contribution >= 4 is 10.0 Å². The van der Waals surface area contributed by atoms with Gasteiger partial charge in [-0.15, -0.1) is 0 Å². The summed E-state index contributed by atoms with van der Waals surface area (Å²) in [6, 6.07) is 3.63. The molecule has 128 valence electrons. The van der Waals surface area contributed by atoms with Gasteiger partial charge in [-0.3, -0.25) is 4.98 Å². The fraction of sp³-hybridized carbons (Fsp3) is 0.562. The lowest BCUT2D eigenvalue weighted by Gasteiger charge is -2.39. The molecule has 8 heteroatoms. The number of hydrogen-bond acceptors (Lipinski definition) is 6. The first kappa shape index (κ1) is 15.7. The second-order valence-electron chi connectivity index (χ2n) is 6.51. The van der Waals surface area contributed by atoms with Gasteiger partial charge in [-0.25, -0.2) is 8.42 Å². The molecule has 0 amide bonds. The normalized spacial score (nSPS) is 20.8. The molecule has 2 aliphatic rings. The van der Waals surface area contributed by atoms with E-state index in [1.165, 1.54) is 0 Å². The van der Waals surface area contributed by atoms with Crippen molar-refractivity contribution in [2.75, 3.05) is 13.1 Å². The van der Waals surface area contributed by atoms with Crippen molar-refractivity contribution in [3.63, 3.8) is 0 Å². The predicted molar refractivity (Wildman–Crippen MR) is 87.6 cm³/mol. The Bertz CT molecular complexity index is 794. The molecule has 2 fully saturated rings. The molecule has 7 nitrogen and oxygen atoms in total. The van der Waals surface area contributed by atoms with E-state index >= 15 is 0 Å². The van der Waals surface area contributed by atoms with Crippen molar-refractivity contribution in [3.05, 3.63) is 30.4 Å². The van der Waals surface area contributed by atoms with E-state index in [0.717, 1.165) is 37.7 Å². The van der Waals surface area contributed by atoms with Gasteiger partial charge in [0.15, 0.2) is 0 Å². The summed E-state index contributed by atoms with van der Waals surface area (Å²) in [6.45, 7) is 0.883. The van der Waals surface area contributed by atoms with Crippen molar-refractivity contribution in [2.45, 2.75) is 43.3 Å². The summed E-state index contributed by atoms with van der Waals surface area (Å²) in [5.74, 6) is 1.02. The summed E-state index contributed by atoms with van der Waals surface area (Å²) >= 11 is 0. The Morgan fingerprint density at radius 1 is 1.08 bits per heavy atom. The first-order chi connectivity index (χ1) is 11.6. The standard InChI is InChI=1S/C16H20N4O3S/c21-24(22,14-4-2-1-3-5-14)20-10-13(11-20)16-18-15(19-23-16)12-6-8-17-9-7-12/h6-9,13-14H,1-5,10-11H2. The minimum Gasteiger partial charge on any atom is -0.339 e. The molecule has 4 rings (SSSR count). The molecule has 0 spiro atoms. The summed E-state index contributed by atoms with van der Waals surface area (Å²) in [7, 11) is -3.18. The van der Waals surface area contributed by atoms with Crippen molar-refractivity contribution in [2.24, 2.45) is 0 Å². The van der Waals surface area contributed by atoms with Gasteiger partial charge in [0.05, 0.1) is 11.2 Å². The Hall–Kier alpha value is -1.80. The third-order valence-corrected chi connectivity index (χ3v) is 7.24. The molecule has 0 aromatic carbocycles. The van der Waals surface area contributed by atoms with Crippen molar-refractivity contribution in [1.82, 2.24) is 19.4 Å². The van der Waals surface area contributed by atoms with Gasteiger partial charge in [-0.2, -0.15) is 9.29 Å². The molecule has 2 aromatic heterocycles. The fourth-order valence-electron chi connectivity index (χ4n) is 3.40. The minimum absolute atomic E-state index is 0.00791. The largest absolute Gasteiger partial charge is 0.339 e. The highest BCUT2D eigenvalue weighted by Crippen LogP contribution is 2.34. The van der Waals surface area contributed by atoms with Crippen molar-refractivity contribution in [1.29, 1.82) is 0 Å². The number of sulfonamides is 1. The summed E-state index contributed by atoms with van der Waals surface area (Å²) in [4.78, 5) is 8.37. The van der Waals surface area contributed by atoms with Crippen LogP contribution < -0.4 is 0 Å². The van der Waals surface area contributed by atoms with Gasteiger partial charge in [0, 0.05) is 31.0 Å². The molecule has 0 radical (unpaired) electrons. The Morgan fingerprint density at radius 2 is 1.79 bits per heavy atom. The average Bonchev–Trinajstić information content (AvgIpc) is 3.04. The highest BCUT2D eigenvalue weighted by atomic mass is 32.2. The van der Waals surface area contributed by atoms with Crippen LogP contribution in [0.25, 0.3) is 11.4 Å². The number of nitrogens with zero attached hydrogens (tertiary/aromatic N) is 4. The lowest BCUT2D eigenvalue weighted by Crippen LogP contribution is -2.52. The van der Waals surface area contributed by atoms with Crippen LogP contribution in [0.15, 0.2) is 29.0 Å². The van der Waals surface area contributed by atoms with Gasteiger partial charge < -0.3 is 4.52 Å². The van der Waals surface area contributed by atoms with Crippen LogP contribution in [-0.4, -0.2) is 46.2 Å². The van der Waals surface area contributed by atoms with E-state index < -0.39 is 10.0 Å². The average molecular weight is 348 g/mol. The summed E-state index contributed by atoms with van der Waals surface area (Å²) in [6.07, 6.45) is 8.10. The highest BCUT2D eigenvalue weighted by Gasteiger charge is 2.43. The van der Waals surface area contributed by atoms with E-state index in [1.54, 1.807) is 16.7 Å². The molecule has 0 bridgehead atoms. The van der Waals surface area contributed by atoms with E-state index in [2.05, 4.69) is 15.1 Å². The van der Waals surface area contributed by atoms with E-state index in [0.29, 0.717) is 24.8 Å². The Balaban J connectivity index is 1.42. The molecule has 1 aliphatic heterocycles. The van der Waals surface area contributed by atoms with E-state index in [-0.39, 0.29) is 11.2 Å². The van der Waals surface area contributed by atoms with Gasteiger partial charge in [-0.05, 0) is 25.0 Å². The van der Waals surface area contributed by atoms with Crippen LogP contribution in [0, 0.1) is 0 Å². The lowest BCUT2D eigenvalue weighted by atomic mass is 10.0. The quantitative estimate of drug-likeness (QED) is 0.841. The molecule has 3 heterocycles. The molecule has 1 saturated carbocycles. The molecule has 1 aliphatic carbocycles. The Kier molecular flexibility index (Phi) is 4.09. The van der Waals surface area contributed by atoms with Gasteiger partial charge in [0.25, 0.3) is 0 Å². The van der Waals surface area contributed by atoms with Crippen LogP contribution >= 0.6 is 0 Å². The molecule has 0 atom stereocenters. The fourth-order valence-corrected chi connectivity index (χ4v) is 5.52. The third-order valence-electron chi connectivity index (χ3n) is 4.91. The summed E-state index contributed by atoms with van der Waals surface area (Å²) in [5, 5.41) is 3.78. The number of pyridine rings is 1. The Morgan fingerprint density at radius 3 is 2.50 bits per heavy atom. The maximum atomic E-state index is 12.6. The maximum Gasteiger partial charge on any atom is 0.232 e. The molecule has 24 heavy (non-hydrogen) atoms. The molecule has 2 aromatic rings. The summed E-state index contributed by atoms with van der Waals surface area (Å²) < 4.78 is 32.1. The SMILES string of the molecule is O=S(=O)(C1CCCCC1)N1CC(c2nc(-c3ccncc3)no2)C1. The molecule has 1 saturated heterocycles. The summed E-state index contributed by atoms with van der Waals surface area (Å²) in [5.41, 5.74) is 0.839. The van der Waals surface area contributed by atoms with Crippen LogP contribution in [0.3, 0.4) is 0 Å². The van der Waals surface area contributed by atoms with E-state index in [4.69, 9.17) is 4.52 Å². The number of hydrogen-bond donors (Lipinski definition) is 0. The predicted octanol–water partition coefficient (Wildman–Crippen LogP) is 2.19. The zero-order valence-corrected chi connectivity index (χ0v) is 14.2. The lowest BCUT2D eigenvalue weighted by molar-refractivity contribution is 0.213. The zero-order valence-electron chi connectivity index (χ0n) is 13.3. The van der Waals surface area contributed by atoms with E-state index in [1.807, 2.05) is 12.1 Å². The minimum atomic E-state index is -3.18. The monoisotopic (exact) mass is 348 g/mol. The molecular formula is C16H20N4O3S. The smallest absolute Gasteiger partial charge is 0.232 e. The molecular weight excluding hydrogens is 328 g/mol.